The molecule has 1 fully saturated rings. The summed E-state index contributed by atoms with van der Waals surface area (Å²) < 4.78 is 5.63. The van der Waals surface area contributed by atoms with Crippen molar-refractivity contribution < 1.29 is 9.53 Å². The molecule has 20 heavy (non-hydrogen) atoms. The van der Waals surface area contributed by atoms with Gasteiger partial charge in [-0.15, -0.1) is 0 Å². The van der Waals surface area contributed by atoms with Crippen LogP contribution in [0.1, 0.15) is 50.3 Å². The second kappa shape index (κ2) is 4.88. The predicted octanol–water partition coefficient (Wildman–Crippen LogP) is 3.00. The van der Waals surface area contributed by atoms with Crippen LogP contribution in [0.2, 0.25) is 0 Å². The van der Waals surface area contributed by atoms with E-state index in [4.69, 9.17) is 10.5 Å². The highest BCUT2D eigenvalue weighted by Crippen LogP contribution is 2.45. The first-order chi connectivity index (χ1) is 9.12. The number of carbonyl (C=O) groups is 1. The first kappa shape index (κ1) is 15.0. The summed E-state index contributed by atoms with van der Waals surface area (Å²) in [7, 11) is 0. The van der Waals surface area contributed by atoms with Crippen molar-refractivity contribution >= 4 is 5.97 Å². The highest BCUT2D eigenvalue weighted by molar-refractivity contribution is 5.85. The number of hydrogen-bond donors (Lipinski definition) is 1. The average Bonchev–Trinajstić information content (AvgIpc) is 2.20. The van der Waals surface area contributed by atoms with Gasteiger partial charge in [-0.1, -0.05) is 29.3 Å². The van der Waals surface area contributed by atoms with Gasteiger partial charge in [0, 0.05) is 6.04 Å². The summed E-state index contributed by atoms with van der Waals surface area (Å²) in [5, 5.41) is 0. The summed E-state index contributed by atoms with van der Waals surface area (Å²) >= 11 is 0. The van der Waals surface area contributed by atoms with Crippen LogP contribution in [0, 0.1) is 13.8 Å². The smallest absolute Gasteiger partial charge is 0.317 e. The lowest BCUT2D eigenvalue weighted by molar-refractivity contribution is -0.166. The van der Waals surface area contributed by atoms with E-state index in [9.17, 15) is 4.79 Å². The van der Waals surface area contributed by atoms with Crippen molar-refractivity contribution in [3.63, 3.8) is 0 Å². The second-order valence-corrected chi connectivity index (χ2v) is 7.13. The average molecular weight is 275 g/mol. The van der Waals surface area contributed by atoms with Crippen LogP contribution >= 0.6 is 0 Å². The Morgan fingerprint density at radius 1 is 1.20 bits per heavy atom. The molecule has 0 amide bonds. The van der Waals surface area contributed by atoms with Crippen LogP contribution in [0.15, 0.2) is 18.2 Å². The van der Waals surface area contributed by atoms with Crippen molar-refractivity contribution in [3.05, 3.63) is 34.9 Å². The molecule has 0 aromatic heterocycles. The minimum Gasteiger partial charge on any atom is -0.459 e. The van der Waals surface area contributed by atoms with Gasteiger partial charge in [0.25, 0.3) is 0 Å². The number of esters is 1. The Morgan fingerprint density at radius 3 is 2.10 bits per heavy atom. The zero-order valence-corrected chi connectivity index (χ0v) is 13.1. The molecule has 1 aromatic rings. The van der Waals surface area contributed by atoms with E-state index >= 15 is 0 Å². The summed E-state index contributed by atoms with van der Waals surface area (Å²) in [6, 6.07) is 6.37. The Hall–Kier alpha value is -1.35. The molecule has 0 saturated heterocycles. The summed E-state index contributed by atoms with van der Waals surface area (Å²) in [5.74, 6) is -0.142. The topological polar surface area (TPSA) is 52.3 Å². The van der Waals surface area contributed by atoms with Gasteiger partial charge in [-0.2, -0.15) is 0 Å². The fraction of sp³-hybridized carbons (Fsp3) is 0.588. The standard InChI is InChI=1S/C17H25NO2/c1-11-6-12(2)8-13(7-11)17(9-14(18)10-17)15(19)20-16(3,4)5/h6-8,14H,9-10,18H2,1-5H3. The monoisotopic (exact) mass is 275 g/mol. The van der Waals surface area contributed by atoms with Crippen LogP contribution in [0.3, 0.4) is 0 Å². The third-order valence-electron chi connectivity index (χ3n) is 3.79. The van der Waals surface area contributed by atoms with Crippen molar-refractivity contribution in [2.45, 2.75) is 64.5 Å². The summed E-state index contributed by atoms with van der Waals surface area (Å²) in [5.41, 5.74) is 8.33. The number of hydrogen-bond acceptors (Lipinski definition) is 3. The molecule has 0 aliphatic heterocycles. The molecule has 110 valence electrons. The summed E-state index contributed by atoms with van der Waals surface area (Å²) in [6.45, 7) is 9.81. The van der Waals surface area contributed by atoms with Crippen LogP contribution in [0.25, 0.3) is 0 Å². The van der Waals surface area contributed by atoms with E-state index in [1.54, 1.807) is 0 Å². The fourth-order valence-electron chi connectivity index (χ4n) is 2.98. The van der Waals surface area contributed by atoms with Crippen molar-refractivity contribution in [2.24, 2.45) is 5.73 Å². The van der Waals surface area contributed by atoms with Gasteiger partial charge in [0.05, 0.1) is 5.41 Å². The Kier molecular flexibility index (Phi) is 3.67. The van der Waals surface area contributed by atoms with Crippen LogP contribution < -0.4 is 5.73 Å². The minimum atomic E-state index is -0.552. The molecule has 1 aromatic carbocycles. The van der Waals surface area contributed by atoms with E-state index in [0.29, 0.717) is 12.8 Å². The molecule has 2 N–H and O–H groups in total. The maximum atomic E-state index is 12.7. The zero-order valence-electron chi connectivity index (χ0n) is 13.1. The molecule has 3 heteroatoms. The van der Waals surface area contributed by atoms with E-state index < -0.39 is 11.0 Å². The summed E-state index contributed by atoms with van der Waals surface area (Å²) in [4.78, 5) is 12.7. The van der Waals surface area contributed by atoms with E-state index in [1.807, 2.05) is 20.8 Å². The molecule has 1 aliphatic rings. The molecule has 0 radical (unpaired) electrons. The molecule has 1 aliphatic carbocycles. The number of ether oxygens (including phenoxy) is 1. The van der Waals surface area contributed by atoms with E-state index in [1.165, 1.54) is 11.1 Å². The number of aryl methyl sites for hydroxylation is 2. The number of nitrogens with two attached hydrogens (primary N) is 1. The van der Waals surface area contributed by atoms with Crippen molar-refractivity contribution in [1.29, 1.82) is 0 Å². The minimum absolute atomic E-state index is 0.0864. The highest BCUT2D eigenvalue weighted by Gasteiger charge is 2.52. The van der Waals surface area contributed by atoms with Gasteiger partial charge in [0.2, 0.25) is 0 Å². The van der Waals surface area contributed by atoms with Crippen molar-refractivity contribution in [2.75, 3.05) is 0 Å². The van der Waals surface area contributed by atoms with Gasteiger partial charge in [-0.3, -0.25) is 4.79 Å². The second-order valence-electron chi connectivity index (χ2n) is 7.13. The SMILES string of the molecule is Cc1cc(C)cc(C2(C(=O)OC(C)(C)C)CC(N)C2)c1. The Morgan fingerprint density at radius 2 is 1.70 bits per heavy atom. The van der Waals surface area contributed by atoms with Crippen LogP contribution in [0.4, 0.5) is 0 Å². The molecular weight excluding hydrogens is 250 g/mol. The lowest BCUT2D eigenvalue weighted by Crippen LogP contribution is -2.56. The Balaban J connectivity index is 2.37. The van der Waals surface area contributed by atoms with Crippen molar-refractivity contribution in [1.82, 2.24) is 0 Å². The largest absolute Gasteiger partial charge is 0.459 e. The molecular formula is C17H25NO2. The van der Waals surface area contributed by atoms with Gasteiger partial charge >= 0.3 is 5.97 Å². The van der Waals surface area contributed by atoms with E-state index in [-0.39, 0.29) is 12.0 Å². The maximum absolute atomic E-state index is 12.7. The molecule has 1 saturated carbocycles. The highest BCUT2D eigenvalue weighted by atomic mass is 16.6. The van der Waals surface area contributed by atoms with Gasteiger partial charge < -0.3 is 10.5 Å². The van der Waals surface area contributed by atoms with Gasteiger partial charge in [-0.25, -0.2) is 0 Å². The molecule has 3 nitrogen and oxygen atoms in total. The molecule has 0 bridgehead atoms. The lowest BCUT2D eigenvalue weighted by Gasteiger charge is -2.45. The first-order valence-electron chi connectivity index (χ1n) is 7.20. The molecule has 0 atom stereocenters. The predicted molar refractivity (Wildman–Crippen MR) is 80.6 cm³/mol. The summed E-state index contributed by atoms with van der Waals surface area (Å²) in [6.07, 6.45) is 1.34. The lowest BCUT2D eigenvalue weighted by atomic mass is 9.61. The van der Waals surface area contributed by atoms with Gasteiger partial charge in [-0.05, 0) is 53.0 Å². The quantitative estimate of drug-likeness (QED) is 0.844. The first-order valence-corrected chi connectivity index (χ1v) is 7.20. The number of carbonyl (C=O) groups excluding carboxylic acids is 1. The zero-order chi connectivity index (χ0) is 15.1. The van der Waals surface area contributed by atoms with Crippen molar-refractivity contribution in [3.8, 4) is 0 Å². The third-order valence-corrected chi connectivity index (χ3v) is 3.79. The third kappa shape index (κ3) is 2.88. The van der Waals surface area contributed by atoms with Crippen LogP contribution in [-0.2, 0) is 14.9 Å². The van der Waals surface area contributed by atoms with Crippen LogP contribution in [-0.4, -0.2) is 17.6 Å². The fourth-order valence-corrected chi connectivity index (χ4v) is 2.98. The number of benzene rings is 1. The van der Waals surface area contributed by atoms with E-state index in [2.05, 4.69) is 32.0 Å². The van der Waals surface area contributed by atoms with E-state index in [0.717, 1.165) is 5.56 Å². The maximum Gasteiger partial charge on any atom is 0.317 e. The Bertz CT molecular complexity index is 502. The molecule has 2 rings (SSSR count). The number of rotatable bonds is 2. The molecule has 0 heterocycles. The normalized spacial score (nSPS) is 26.0. The Labute approximate surface area is 121 Å². The molecule has 0 unspecified atom stereocenters. The molecule has 0 spiro atoms. The van der Waals surface area contributed by atoms with Crippen LogP contribution in [0.5, 0.6) is 0 Å². The van der Waals surface area contributed by atoms with Gasteiger partial charge in [0.1, 0.15) is 5.60 Å². The van der Waals surface area contributed by atoms with Gasteiger partial charge in [0.15, 0.2) is 0 Å².